The van der Waals surface area contributed by atoms with E-state index in [0.717, 1.165) is 27.0 Å². The maximum absolute atomic E-state index is 13.4. The largest absolute Gasteiger partial charge is 0.324 e. The second kappa shape index (κ2) is 4.72. The van der Waals surface area contributed by atoms with E-state index in [1.165, 1.54) is 12.1 Å². The summed E-state index contributed by atoms with van der Waals surface area (Å²) >= 11 is 1.58. The van der Waals surface area contributed by atoms with Crippen molar-refractivity contribution in [2.45, 2.75) is 13.0 Å². The van der Waals surface area contributed by atoms with E-state index in [1.807, 2.05) is 30.5 Å². The third kappa shape index (κ3) is 2.25. The zero-order valence-electron chi connectivity index (χ0n) is 10.4. The summed E-state index contributed by atoms with van der Waals surface area (Å²) in [6, 6.07) is 10.4. The van der Waals surface area contributed by atoms with Crippen molar-refractivity contribution in [1.29, 1.82) is 0 Å². The molecule has 2 nitrogen and oxygen atoms in total. The van der Waals surface area contributed by atoms with Crippen LogP contribution in [0.4, 0.5) is 4.39 Å². The lowest BCUT2D eigenvalue weighted by atomic mass is 10.0. The van der Waals surface area contributed by atoms with E-state index in [9.17, 15) is 4.39 Å². The van der Waals surface area contributed by atoms with Crippen LogP contribution in [0.15, 0.2) is 41.8 Å². The second-order valence-corrected chi connectivity index (χ2v) is 5.43. The van der Waals surface area contributed by atoms with Gasteiger partial charge in [-0.15, -0.1) is 11.3 Å². The van der Waals surface area contributed by atoms with Gasteiger partial charge in [0.05, 0.1) is 5.69 Å². The molecule has 3 aromatic rings. The van der Waals surface area contributed by atoms with Crippen LogP contribution < -0.4 is 5.73 Å². The van der Waals surface area contributed by atoms with Gasteiger partial charge in [0, 0.05) is 17.0 Å². The van der Waals surface area contributed by atoms with Gasteiger partial charge in [-0.2, -0.15) is 0 Å². The van der Waals surface area contributed by atoms with Gasteiger partial charge >= 0.3 is 0 Å². The van der Waals surface area contributed by atoms with Crippen molar-refractivity contribution in [3.8, 4) is 11.3 Å². The molecule has 0 aliphatic heterocycles. The Kier molecular flexibility index (Phi) is 3.05. The van der Waals surface area contributed by atoms with Crippen LogP contribution in [0.25, 0.3) is 21.5 Å². The Morgan fingerprint density at radius 1 is 1.26 bits per heavy atom. The predicted octanol–water partition coefficient (Wildman–Crippen LogP) is 4.12. The number of fused-ring (bicyclic) bond motifs is 1. The van der Waals surface area contributed by atoms with Gasteiger partial charge in [0.25, 0.3) is 0 Å². The van der Waals surface area contributed by atoms with Gasteiger partial charge in [0.1, 0.15) is 10.6 Å². The Balaban J connectivity index is 2.28. The van der Waals surface area contributed by atoms with Crippen LogP contribution in [0.3, 0.4) is 0 Å². The van der Waals surface area contributed by atoms with Crippen molar-refractivity contribution in [3.63, 3.8) is 0 Å². The van der Waals surface area contributed by atoms with Crippen molar-refractivity contribution in [3.05, 3.63) is 53.2 Å². The van der Waals surface area contributed by atoms with Crippen LogP contribution >= 0.6 is 11.3 Å². The minimum Gasteiger partial charge on any atom is -0.324 e. The predicted molar refractivity (Wildman–Crippen MR) is 77.6 cm³/mol. The summed E-state index contributed by atoms with van der Waals surface area (Å²) in [4.78, 5) is 5.59. The molecule has 0 saturated heterocycles. The first kappa shape index (κ1) is 12.3. The fourth-order valence-electron chi connectivity index (χ4n) is 2.13. The van der Waals surface area contributed by atoms with Crippen molar-refractivity contribution in [2.24, 2.45) is 5.73 Å². The van der Waals surface area contributed by atoms with Crippen LogP contribution in [0.2, 0.25) is 0 Å². The molecule has 19 heavy (non-hydrogen) atoms. The smallest absolute Gasteiger partial charge is 0.123 e. The highest BCUT2D eigenvalue weighted by Gasteiger charge is 2.13. The molecule has 0 saturated carbocycles. The normalized spacial score (nSPS) is 12.8. The van der Waals surface area contributed by atoms with Gasteiger partial charge in [0.15, 0.2) is 0 Å². The fourth-order valence-corrected chi connectivity index (χ4v) is 2.88. The Hall–Kier alpha value is -1.78. The molecule has 4 heteroatoms. The Labute approximate surface area is 114 Å². The number of nitrogens with zero attached hydrogens (tertiary/aromatic N) is 1. The number of rotatable bonds is 2. The topological polar surface area (TPSA) is 38.9 Å². The van der Waals surface area contributed by atoms with E-state index < -0.39 is 0 Å². The van der Waals surface area contributed by atoms with Crippen molar-refractivity contribution < 1.29 is 4.39 Å². The minimum absolute atomic E-state index is 0.143. The van der Waals surface area contributed by atoms with Gasteiger partial charge in [-0.1, -0.05) is 12.1 Å². The first-order chi connectivity index (χ1) is 9.15. The number of thiophene rings is 1. The minimum atomic E-state index is -0.263. The molecule has 0 aliphatic rings. The highest BCUT2D eigenvalue weighted by molar-refractivity contribution is 7.16. The van der Waals surface area contributed by atoms with E-state index in [0.29, 0.717) is 0 Å². The van der Waals surface area contributed by atoms with Gasteiger partial charge in [-0.3, -0.25) is 0 Å². The van der Waals surface area contributed by atoms with Crippen molar-refractivity contribution in [2.75, 3.05) is 0 Å². The molecule has 0 bridgehead atoms. The standard InChI is InChI=1S/C15H13FN2S/c1-9(17)13-8-11-5-6-19-15(11)18-14(13)10-3-2-4-12(16)7-10/h2-9H,17H2,1H3/t9-/m0/s1. The summed E-state index contributed by atoms with van der Waals surface area (Å²) in [5.74, 6) is -0.263. The fraction of sp³-hybridized carbons (Fsp3) is 0.133. The molecule has 2 N–H and O–H groups in total. The lowest BCUT2D eigenvalue weighted by Crippen LogP contribution is -2.07. The summed E-state index contributed by atoms with van der Waals surface area (Å²) in [7, 11) is 0. The number of hydrogen-bond acceptors (Lipinski definition) is 3. The van der Waals surface area contributed by atoms with Crippen molar-refractivity contribution in [1.82, 2.24) is 4.98 Å². The summed E-state index contributed by atoms with van der Waals surface area (Å²) in [6.07, 6.45) is 0. The first-order valence-electron chi connectivity index (χ1n) is 6.05. The van der Waals surface area contributed by atoms with Gasteiger partial charge in [-0.05, 0) is 42.1 Å². The average Bonchev–Trinajstić information content (AvgIpc) is 2.84. The summed E-state index contributed by atoms with van der Waals surface area (Å²) < 4.78 is 13.4. The Bertz CT molecular complexity index is 734. The molecule has 0 spiro atoms. The Morgan fingerprint density at radius 2 is 2.11 bits per heavy atom. The SMILES string of the molecule is C[C@H](N)c1cc2ccsc2nc1-c1cccc(F)c1. The van der Waals surface area contributed by atoms with E-state index in [2.05, 4.69) is 4.98 Å². The maximum Gasteiger partial charge on any atom is 0.123 e. The van der Waals surface area contributed by atoms with Gasteiger partial charge < -0.3 is 5.73 Å². The van der Waals surface area contributed by atoms with E-state index >= 15 is 0 Å². The summed E-state index contributed by atoms with van der Waals surface area (Å²) in [5.41, 5.74) is 8.49. The van der Waals surface area contributed by atoms with Gasteiger partial charge in [-0.25, -0.2) is 9.37 Å². The lowest BCUT2D eigenvalue weighted by Gasteiger charge is -2.12. The molecule has 0 fully saturated rings. The number of benzene rings is 1. The number of hydrogen-bond donors (Lipinski definition) is 1. The van der Waals surface area contributed by atoms with Crippen LogP contribution in [0, 0.1) is 5.82 Å². The molecule has 2 aromatic heterocycles. The quantitative estimate of drug-likeness (QED) is 0.762. The third-order valence-electron chi connectivity index (χ3n) is 3.06. The van der Waals surface area contributed by atoms with Crippen LogP contribution in [0.1, 0.15) is 18.5 Å². The third-order valence-corrected chi connectivity index (χ3v) is 3.88. The van der Waals surface area contributed by atoms with E-state index in [-0.39, 0.29) is 11.9 Å². The zero-order chi connectivity index (χ0) is 13.4. The second-order valence-electron chi connectivity index (χ2n) is 4.54. The first-order valence-corrected chi connectivity index (χ1v) is 6.93. The summed E-state index contributed by atoms with van der Waals surface area (Å²) in [6.45, 7) is 1.91. The highest BCUT2D eigenvalue weighted by Crippen LogP contribution is 2.31. The Morgan fingerprint density at radius 3 is 2.84 bits per heavy atom. The van der Waals surface area contributed by atoms with Crippen LogP contribution in [-0.2, 0) is 0 Å². The number of pyridine rings is 1. The number of aromatic nitrogens is 1. The summed E-state index contributed by atoms with van der Waals surface area (Å²) in [5, 5.41) is 3.08. The highest BCUT2D eigenvalue weighted by atomic mass is 32.1. The van der Waals surface area contributed by atoms with E-state index in [4.69, 9.17) is 5.73 Å². The average molecular weight is 272 g/mol. The lowest BCUT2D eigenvalue weighted by molar-refractivity contribution is 0.628. The number of nitrogens with two attached hydrogens (primary N) is 1. The molecule has 1 aromatic carbocycles. The van der Waals surface area contributed by atoms with E-state index in [1.54, 1.807) is 17.4 Å². The molecular weight excluding hydrogens is 259 g/mol. The van der Waals surface area contributed by atoms with Crippen molar-refractivity contribution >= 4 is 21.6 Å². The molecule has 1 atom stereocenters. The molecule has 3 rings (SSSR count). The monoisotopic (exact) mass is 272 g/mol. The molecule has 2 heterocycles. The molecule has 0 unspecified atom stereocenters. The maximum atomic E-state index is 13.4. The molecule has 0 aliphatic carbocycles. The van der Waals surface area contributed by atoms with Crippen LogP contribution in [0.5, 0.6) is 0 Å². The molecule has 0 radical (unpaired) electrons. The molecular formula is C15H13FN2S. The van der Waals surface area contributed by atoms with Gasteiger partial charge in [0.2, 0.25) is 0 Å². The molecule has 96 valence electrons. The number of halogens is 1. The van der Waals surface area contributed by atoms with Crippen LogP contribution in [-0.4, -0.2) is 4.98 Å². The molecule has 0 amide bonds. The zero-order valence-corrected chi connectivity index (χ0v) is 11.2.